The molecule has 0 fully saturated rings. The summed E-state index contributed by atoms with van der Waals surface area (Å²) in [5.41, 5.74) is 1.25. The van der Waals surface area contributed by atoms with Crippen LogP contribution in [0.3, 0.4) is 0 Å². The van der Waals surface area contributed by atoms with E-state index in [0.717, 1.165) is 18.8 Å². The van der Waals surface area contributed by atoms with Gasteiger partial charge < -0.3 is 15.5 Å². The molecule has 172 valence electrons. The lowest BCUT2D eigenvalue weighted by molar-refractivity contribution is -0.137. The maximum atomic E-state index is 11.1. The molecule has 1 aromatic rings. The number of allylic oxidation sites excluding steroid dienone is 3. The second kappa shape index (κ2) is 14.9. The first kappa shape index (κ1) is 25.2. The molecule has 4 heteroatoms. The van der Waals surface area contributed by atoms with Gasteiger partial charge in [-0.3, -0.25) is 4.79 Å². The highest BCUT2D eigenvalue weighted by Gasteiger charge is 2.12. The van der Waals surface area contributed by atoms with Gasteiger partial charge in [-0.1, -0.05) is 62.1 Å². The lowest BCUT2D eigenvalue weighted by Gasteiger charge is -2.16. The standard InChI is InChI=1S/C27H41NO3/c1-28-21-25(20-27(30)31)14-8-13-23(19-24-15-17-26(29)18-16-24)12-5-3-2-4-9-22-10-6-7-11-22/h6,8,10,14-18,22-23,25,28-29H,2-5,7,9,11-13,19-21H2,1H3,(H,30,31)/b14-8+/t22-,23+,25-/m1/s1. The van der Waals surface area contributed by atoms with E-state index in [1.807, 2.05) is 19.2 Å². The summed E-state index contributed by atoms with van der Waals surface area (Å²) in [6.07, 6.45) is 21.4. The summed E-state index contributed by atoms with van der Waals surface area (Å²) in [5, 5.41) is 21.7. The van der Waals surface area contributed by atoms with E-state index in [-0.39, 0.29) is 12.3 Å². The van der Waals surface area contributed by atoms with Crippen molar-refractivity contribution in [2.45, 2.75) is 70.6 Å². The normalized spacial score (nSPS) is 17.9. The molecule has 31 heavy (non-hydrogen) atoms. The van der Waals surface area contributed by atoms with Crippen LogP contribution < -0.4 is 5.32 Å². The Morgan fingerprint density at radius 1 is 1.19 bits per heavy atom. The summed E-state index contributed by atoms with van der Waals surface area (Å²) in [4.78, 5) is 11.1. The van der Waals surface area contributed by atoms with E-state index >= 15 is 0 Å². The van der Waals surface area contributed by atoms with Crippen molar-refractivity contribution in [3.63, 3.8) is 0 Å². The molecule has 0 spiro atoms. The minimum absolute atomic E-state index is 0.0291. The first-order valence-corrected chi connectivity index (χ1v) is 12.0. The molecule has 1 aromatic carbocycles. The number of carboxylic acid groups (broad SMARTS) is 1. The Bertz CT molecular complexity index is 680. The molecule has 2 rings (SSSR count). The number of aromatic hydroxyl groups is 1. The predicted molar refractivity (Wildman–Crippen MR) is 128 cm³/mol. The third-order valence-corrected chi connectivity index (χ3v) is 6.29. The van der Waals surface area contributed by atoms with Gasteiger partial charge in [0.1, 0.15) is 5.75 Å². The van der Waals surface area contributed by atoms with Gasteiger partial charge >= 0.3 is 5.97 Å². The number of rotatable bonds is 16. The Kier molecular flexibility index (Phi) is 12.1. The molecule has 1 aliphatic carbocycles. The number of carbonyl (C=O) groups is 1. The third kappa shape index (κ3) is 11.2. The van der Waals surface area contributed by atoms with E-state index < -0.39 is 5.97 Å². The number of benzene rings is 1. The van der Waals surface area contributed by atoms with Crippen LogP contribution in [0.1, 0.15) is 69.8 Å². The lowest BCUT2D eigenvalue weighted by Crippen LogP contribution is -2.19. The molecule has 0 saturated heterocycles. The predicted octanol–water partition coefficient (Wildman–Crippen LogP) is 6.11. The SMILES string of the molecule is CNC[C@H](/C=C/C[C@H](CCCCCC[C@@H]1C=CCC1)Cc1ccc(O)cc1)CC(=O)O. The molecule has 0 bridgehead atoms. The minimum atomic E-state index is -0.751. The maximum Gasteiger partial charge on any atom is 0.303 e. The smallest absolute Gasteiger partial charge is 0.303 e. The topological polar surface area (TPSA) is 69.6 Å². The molecule has 0 radical (unpaired) electrons. The number of nitrogens with one attached hydrogen (secondary N) is 1. The van der Waals surface area contributed by atoms with Gasteiger partial charge in [0.25, 0.3) is 0 Å². The number of carboxylic acids is 1. The van der Waals surface area contributed by atoms with E-state index in [9.17, 15) is 9.90 Å². The molecule has 4 nitrogen and oxygen atoms in total. The highest BCUT2D eigenvalue weighted by atomic mass is 16.4. The number of aliphatic carboxylic acids is 1. The van der Waals surface area contributed by atoms with Crippen molar-refractivity contribution in [1.82, 2.24) is 5.32 Å². The van der Waals surface area contributed by atoms with Gasteiger partial charge in [0, 0.05) is 6.54 Å². The number of hydrogen-bond donors (Lipinski definition) is 3. The van der Waals surface area contributed by atoms with Gasteiger partial charge in [-0.05, 0) is 81.0 Å². The van der Waals surface area contributed by atoms with Gasteiger partial charge in [0.05, 0.1) is 6.42 Å². The fourth-order valence-corrected chi connectivity index (χ4v) is 4.56. The number of phenols is 1. The zero-order valence-electron chi connectivity index (χ0n) is 19.1. The van der Waals surface area contributed by atoms with Crippen molar-refractivity contribution in [3.8, 4) is 5.75 Å². The molecule has 0 unspecified atom stereocenters. The van der Waals surface area contributed by atoms with E-state index in [4.69, 9.17) is 5.11 Å². The number of unbranched alkanes of at least 4 members (excludes halogenated alkanes) is 3. The molecular formula is C27H41NO3. The van der Waals surface area contributed by atoms with Crippen LogP contribution in [0.15, 0.2) is 48.6 Å². The number of hydrogen-bond acceptors (Lipinski definition) is 3. The first-order chi connectivity index (χ1) is 15.1. The quantitative estimate of drug-likeness (QED) is 0.220. The maximum absolute atomic E-state index is 11.1. The minimum Gasteiger partial charge on any atom is -0.508 e. The summed E-state index contributed by atoms with van der Waals surface area (Å²) in [6, 6.07) is 7.54. The average Bonchev–Trinajstić information content (AvgIpc) is 3.25. The van der Waals surface area contributed by atoms with Crippen molar-refractivity contribution < 1.29 is 15.0 Å². The largest absolute Gasteiger partial charge is 0.508 e. The van der Waals surface area contributed by atoms with Crippen LogP contribution in [0.5, 0.6) is 5.75 Å². The zero-order valence-corrected chi connectivity index (χ0v) is 19.1. The first-order valence-electron chi connectivity index (χ1n) is 12.0. The van der Waals surface area contributed by atoms with Gasteiger partial charge in [-0.2, -0.15) is 0 Å². The molecule has 0 heterocycles. The van der Waals surface area contributed by atoms with Crippen molar-refractivity contribution in [2.24, 2.45) is 17.8 Å². The fraction of sp³-hybridized carbons (Fsp3) is 0.593. The average molecular weight is 428 g/mol. The third-order valence-electron chi connectivity index (χ3n) is 6.29. The molecule has 0 aliphatic heterocycles. The van der Waals surface area contributed by atoms with Gasteiger partial charge in [0.15, 0.2) is 0 Å². The van der Waals surface area contributed by atoms with Crippen LogP contribution in [0.4, 0.5) is 0 Å². The van der Waals surface area contributed by atoms with Gasteiger partial charge in [-0.25, -0.2) is 0 Å². The Labute approximate surface area is 188 Å². The van der Waals surface area contributed by atoms with Crippen molar-refractivity contribution in [2.75, 3.05) is 13.6 Å². The van der Waals surface area contributed by atoms with Crippen LogP contribution in [0.2, 0.25) is 0 Å². The van der Waals surface area contributed by atoms with Gasteiger partial charge in [-0.15, -0.1) is 0 Å². The summed E-state index contributed by atoms with van der Waals surface area (Å²) in [6.45, 7) is 0.682. The van der Waals surface area contributed by atoms with Gasteiger partial charge in [0.2, 0.25) is 0 Å². The van der Waals surface area contributed by atoms with E-state index in [2.05, 4.69) is 29.6 Å². The molecule has 3 atom stereocenters. The van der Waals surface area contributed by atoms with E-state index in [1.165, 1.54) is 56.9 Å². The lowest BCUT2D eigenvalue weighted by atomic mass is 9.89. The molecule has 3 N–H and O–H groups in total. The Morgan fingerprint density at radius 2 is 1.97 bits per heavy atom. The highest BCUT2D eigenvalue weighted by molar-refractivity contribution is 5.67. The van der Waals surface area contributed by atoms with E-state index in [1.54, 1.807) is 12.1 Å². The summed E-state index contributed by atoms with van der Waals surface area (Å²) < 4.78 is 0. The van der Waals surface area contributed by atoms with Crippen LogP contribution in [0, 0.1) is 17.8 Å². The van der Waals surface area contributed by atoms with Crippen LogP contribution >= 0.6 is 0 Å². The molecule has 0 saturated carbocycles. The van der Waals surface area contributed by atoms with Crippen LogP contribution in [0.25, 0.3) is 0 Å². The van der Waals surface area contributed by atoms with Crippen LogP contribution in [-0.2, 0) is 11.2 Å². The molecule has 0 aromatic heterocycles. The Hall–Kier alpha value is -2.07. The Morgan fingerprint density at radius 3 is 2.65 bits per heavy atom. The van der Waals surface area contributed by atoms with Crippen molar-refractivity contribution >= 4 is 5.97 Å². The van der Waals surface area contributed by atoms with Crippen LogP contribution in [-0.4, -0.2) is 29.8 Å². The Balaban J connectivity index is 1.80. The van der Waals surface area contributed by atoms with E-state index in [0.29, 0.717) is 18.2 Å². The monoisotopic (exact) mass is 427 g/mol. The summed E-state index contributed by atoms with van der Waals surface area (Å²) >= 11 is 0. The zero-order chi connectivity index (χ0) is 22.3. The second-order valence-electron chi connectivity index (χ2n) is 9.07. The second-order valence-corrected chi connectivity index (χ2v) is 9.07. The summed E-state index contributed by atoms with van der Waals surface area (Å²) in [5.74, 6) is 0.948. The van der Waals surface area contributed by atoms with Crippen molar-refractivity contribution in [3.05, 3.63) is 54.1 Å². The van der Waals surface area contributed by atoms with Crippen molar-refractivity contribution in [1.29, 1.82) is 0 Å². The summed E-state index contributed by atoms with van der Waals surface area (Å²) in [7, 11) is 1.86. The fourth-order valence-electron chi connectivity index (χ4n) is 4.56. The molecule has 1 aliphatic rings. The molecular weight excluding hydrogens is 386 g/mol. The highest BCUT2D eigenvalue weighted by Crippen LogP contribution is 2.25. The number of phenolic OH excluding ortho intramolecular Hbond substituents is 1. The molecule has 0 amide bonds.